The molecular weight excluding hydrogens is 193 g/mol. The molecule has 3 N–H and O–H groups in total. The van der Waals surface area contributed by atoms with Crippen molar-refractivity contribution in [1.29, 1.82) is 0 Å². The Bertz CT molecular complexity index is 291. The van der Waals surface area contributed by atoms with E-state index < -0.39 is 18.1 Å². The molecule has 1 aromatic carbocycles. The van der Waals surface area contributed by atoms with Gasteiger partial charge in [0, 0.05) is 0 Å². The van der Waals surface area contributed by atoms with Gasteiger partial charge in [-0.1, -0.05) is 30.3 Å². The van der Waals surface area contributed by atoms with Crippen LogP contribution >= 0.6 is 0 Å². The van der Waals surface area contributed by atoms with Gasteiger partial charge in [0.15, 0.2) is 0 Å². The maximum absolute atomic E-state index is 10.3. The number of carboxylic acid groups (broad SMARTS) is 1. The summed E-state index contributed by atoms with van der Waals surface area (Å²) in [6.45, 7) is 0. The van der Waals surface area contributed by atoms with Crippen LogP contribution in [0.3, 0.4) is 0 Å². The molecule has 70 valence electrons. The van der Waals surface area contributed by atoms with Crippen LogP contribution in [0.25, 0.3) is 0 Å². The smallest absolute Gasteiger partial charge is 0.547 e. The minimum Gasteiger partial charge on any atom is -0.547 e. The van der Waals surface area contributed by atoms with Crippen molar-refractivity contribution in [2.24, 2.45) is 5.73 Å². The second-order valence-corrected chi connectivity index (χ2v) is 2.70. The predicted octanol–water partition coefficient (Wildman–Crippen LogP) is -4.20. The van der Waals surface area contributed by atoms with Gasteiger partial charge in [-0.25, -0.2) is 0 Å². The molecule has 0 amide bonds. The molecule has 0 aliphatic heterocycles. The Morgan fingerprint density at radius 3 is 2.29 bits per heavy atom. The summed E-state index contributed by atoms with van der Waals surface area (Å²) < 4.78 is 0. The minimum atomic E-state index is -1.66. The second-order valence-electron chi connectivity index (χ2n) is 2.70. The quantitative estimate of drug-likeness (QED) is 0.488. The minimum absolute atomic E-state index is 0. The summed E-state index contributed by atoms with van der Waals surface area (Å²) in [5.41, 5.74) is 6.04. The molecule has 0 aliphatic rings. The molecule has 0 heterocycles. The maximum Gasteiger partial charge on any atom is 1.00 e. The van der Waals surface area contributed by atoms with Gasteiger partial charge in [0.1, 0.15) is 6.10 Å². The van der Waals surface area contributed by atoms with E-state index in [0.717, 1.165) is 0 Å². The SMILES string of the molecule is NC(c1ccccc1)C(O)C(=O)[O-].[Na+]. The van der Waals surface area contributed by atoms with Gasteiger partial charge in [0.25, 0.3) is 0 Å². The number of carboxylic acids is 1. The first-order chi connectivity index (χ1) is 6.13. The molecule has 4 nitrogen and oxygen atoms in total. The molecule has 0 aromatic heterocycles. The summed E-state index contributed by atoms with van der Waals surface area (Å²) in [7, 11) is 0. The maximum atomic E-state index is 10.3. The third-order valence-corrected chi connectivity index (χ3v) is 1.77. The fraction of sp³-hybridized carbons (Fsp3) is 0.222. The molecule has 2 unspecified atom stereocenters. The predicted molar refractivity (Wildman–Crippen MR) is 44.4 cm³/mol. The van der Waals surface area contributed by atoms with Gasteiger partial charge in [0.05, 0.1) is 12.0 Å². The van der Waals surface area contributed by atoms with Crippen LogP contribution in [0.15, 0.2) is 30.3 Å². The van der Waals surface area contributed by atoms with Crippen LogP contribution in [-0.4, -0.2) is 17.2 Å². The van der Waals surface area contributed by atoms with Gasteiger partial charge < -0.3 is 20.7 Å². The van der Waals surface area contributed by atoms with Crippen molar-refractivity contribution in [3.05, 3.63) is 35.9 Å². The molecule has 5 heteroatoms. The largest absolute Gasteiger partial charge is 1.00 e. The van der Waals surface area contributed by atoms with Crippen molar-refractivity contribution in [2.75, 3.05) is 0 Å². The number of carbonyl (C=O) groups excluding carboxylic acids is 1. The van der Waals surface area contributed by atoms with E-state index in [1.54, 1.807) is 30.3 Å². The zero-order chi connectivity index (χ0) is 9.84. The van der Waals surface area contributed by atoms with E-state index in [4.69, 9.17) is 10.8 Å². The monoisotopic (exact) mass is 203 g/mol. The van der Waals surface area contributed by atoms with E-state index in [1.165, 1.54) is 0 Å². The molecule has 0 saturated heterocycles. The number of carbonyl (C=O) groups is 1. The number of nitrogens with two attached hydrogens (primary N) is 1. The number of hydrogen-bond donors (Lipinski definition) is 2. The topological polar surface area (TPSA) is 86.4 Å². The van der Waals surface area contributed by atoms with Crippen molar-refractivity contribution >= 4 is 5.97 Å². The summed E-state index contributed by atoms with van der Waals surface area (Å²) in [5, 5.41) is 19.3. The summed E-state index contributed by atoms with van der Waals surface area (Å²) in [4.78, 5) is 10.3. The molecule has 0 saturated carbocycles. The zero-order valence-corrected chi connectivity index (χ0v) is 9.88. The van der Waals surface area contributed by atoms with Crippen molar-refractivity contribution in [3.8, 4) is 0 Å². The molecule has 0 radical (unpaired) electrons. The Morgan fingerprint density at radius 2 is 1.86 bits per heavy atom. The Labute approximate surface area is 104 Å². The van der Waals surface area contributed by atoms with Crippen molar-refractivity contribution in [2.45, 2.75) is 12.1 Å². The number of aliphatic carboxylic acids is 1. The summed E-state index contributed by atoms with van der Waals surface area (Å²) >= 11 is 0. The number of benzene rings is 1. The van der Waals surface area contributed by atoms with Crippen LogP contribution in [-0.2, 0) is 4.79 Å². The first-order valence-electron chi connectivity index (χ1n) is 3.82. The van der Waals surface area contributed by atoms with Crippen LogP contribution in [0.2, 0.25) is 0 Å². The first-order valence-corrected chi connectivity index (χ1v) is 3.82. The fourth-order valence-electron chi connectivity index (χ4n) is 1.00. The molecule has 14 heavy (non-hydrogen) atoms. The van der Waals surface area contributed by atoms with Crippen LogP contribution in [0.1, 0.15) is 11.6 Å². The molecule has 1 aromatic rings. The van der Waals surface area contributed by atoms with Crippen LogP contribution in [0, 0.1) is 0 Å². The van der Waals surface area contributed by atoms with Crippen LogP contribution < -0.4 is 40.4 Å². The molecule has 0 spiro atoms. The van der Waals surface area contributed by atoms with Gasteiger partial charge in [-0.3, -0.25) is 0 Å². The average molecular weight is 203 g/mol. The van der Waals surface area contributed by atoms with Crippen LogP contribution in [0.4, 0.5) is 0 Å². The third kappa shape index (κ3) is 3.40. The summed E-state index contributed by atoms with van der Waals surface area (Å²) in [6, 6.07) is 7.58. The van der Waals surface area contributed by atoms with E-state index in [2.05, 4.69) is 0 Å². The second kappa shape index (κ2) is 6.16. The third-order valence-electron chi connectivity index (χ3n) is 1.77. The van der Waals surface area contributed by atoms with E-state index in [1.807, 2.05) is 0 Å². The molecule has 0 aliphatic carbocycles. The zero-order valence-electron chi connectivity index (χ0n) is 7.88. The van der Waals surface area contributed by atoms with E-state index in [0.29, 0.717) is 5.56 Å². The Balaban J connectivity index is 0.00000169. The standard InChI is InChI=1S/C9H11NO3.Na/c10-7(8(11)9(12)13)6-4-2-1-3-5-6;/h1-5,7-8,11H,10H2,(H,12,13);/q;+1/p-1. The fourth-order valence-corrected chi connectivity index (χ4v) is 1.00. The van der Waals surface area contributed by atoms with Gasteiger partial charge in [-0.05, 0) is 5.56 Å². The van der Waals surface area contributed by atoms with Crippen molar-refractivity contribution in [3.63, 3.8) is 0 Å². The Hall–Kier alpha value is -0.390. The normalized spacial score (nSPS) is 13.9. The van der Waals surface area contributed by atoms with Gasteiger partial charge in [-0.15, -0.1) is 0 Å². The number of aliphatic hydroxyl groups is 1. The average Bonchev–Trinajstić information content (AvgIpc) is 2.17. The first kappa shape index (κ1) is 13.6. The van der Waals surface area contributed by atoms with Gasteiger partial charge >= 0.3 is 29.6 Å². The Kier molecular flexibility index (Phi) is 5.99. The molecule has 0 bridgehead atoms. The molecule has 0 fully saturated rings. The Morgan fingerprint density at radius 1 is 1.36 bits per heavy atom. The summed E-state index contributed by atoms with van der Waals surface area (Å²) in [5.74, 6) is -1.56. The van der Waals surface area contributed by atoms with E-state index >= 15 is 0 Å². The van der Waals surface area contributed by atoms with Crippen LogP contribution in [0.5, 0.6) is 0 Å². The van der Waals surface area contributed by atoms with Gasteiger partial charge in [0.2, 0.25) is 0 Å². The van der Waals surface area contributed by atoms with Crippen molar-refractivity contribution in [1.82, 2.24) is 0 Å². The van der Waals surface area contributed by atoms with Crippen molar-refractivity contribution < 1.29 is 44.6 Å². The van der Waals surface area contributed by atoms with Gasteiger partial charge in [-0.2, -0.15) is 0 Å². The molecular formula is C9H10NNaO3. The number of hydrogen-bond acceptors (Lipinski definition) is 4. The molecule has 2 atom stereocenters. The number of aliphatic hydroxyl groups excluding tert-OH is 1. The number of rotatable bonds is 3. The molecule has 1 rings (SSSR count). The van der Waals surface area contributed by atoms with E-state index in [-0.39, 0.29) is 29.6 Å². The summed E-state index contributed by atoms with van der Waals surface area (Å²) in [6.07, 6.45) is -1.66. The van der Waals surface area contributed by atoms with E-state index in [9.17, 15) is 9.90 Å².